The number of hydrogen-bond donors (Lipinski definition) is 0. The lowest BCUT2D eigenvalue weighted by molar-refractivity contribution is 1.08. The molecule has 0 unspecified atom stereocenters. The Morgan fingerprint density at radius 1 is 0.952 bits per heavy atom. The first-order chi connectivity index (χ1) is 10.3. The molecule has 0 spiro atoms. The molecule has 0 saturated carbocycles. The Kier molecular flexibility index (Phi) is 3.05. The fourth-order valence-electron chi connectivity index (χ4n) is 2.38. The smallest absolute Gasteiger partial charge is 0.156 e. The summed E-state index contributed by atoms with van der Waals surface area (Å²) in [5.41, 5.74) is 2.13. The molecule has 3 nitrogen and oxygen atoms in total. The van der Waals surface area contributed by atoms with Gasteiger partial charge in [0.15, 0.2) is 5.82 Å². The molecule has 5 heteroatoms. The summed E-state index contributed by atoms with van der Waals surface area (Å²) >= 11 is 7.93. The number of halogens is 1. The van der Waals surface area contributed by atoms with E-state index in [-0.39, 0.29) is 0 Å². The average molecular weight is 312 g/mol. The maximum Gasteiger partial charge on any atom is 0.156 e. The lowest BCUT2D eigenvalue weighted by Gasteiger charge is -2.31. The monoisotopic (exact) mass is 311 g/mol. The predicted molar refractivity (Wildman–Crippen MR) is 85.8 cm³/mol. The van der Waals surface area contributed by atoms with Crippen molar-refractivity contribution in [1.82, 2.24) is 9.97 Å². The van der Waals surface area contributed by atoms with Crippen molar-refractivity contribution in [3.8, 4) is 0 Å². The number of aromatic nitrogens is 2. The van der Waals surface area contributed by atoms with Crippen molar-refractivity contribution in [2.24, 2.45) is 0 Å². The first kappa shape index (κ1) is 12.7. The van der Waals surface area contributed by atoms with Gasteiger partial charge in [0.1, 0.15) is 0 Å². The van der Waals surface area contributed by atoms with Crippen LogP contribution in [-0.4, -0.2) is 9.97 Å². The molecule has 2 aromatic carbocycles. The second-order valence-corrected chi connectivity index (χ2v) is 6.10. The largest absolute Gasteiger partial charge is 0.291 e. The van der Waals surface area contributed by atoms with E-state index in [1.54, 1.807) is 30.4 Å². The molecule has 1 aliphatic rings. The maximum absolute atomic E-state index is 6.18. The number of nitrogens with zero attached hydrogens (tertiary/aromatic N) is 3. The van der Waals surface area contributed by atoms with Gasteiger partial charge in [0, 0.05) is 27.2 Å². The third kappa shape index (κ3) is 2.17. The molecule has 102 valence electrons. The van der Waals surface area contributed by atoms with E-state index in [9.17, 15) is 0 Å². The van der Waals surface area contributed by atoms with Crippen LogP contribution in [-0.2, 0) is 0 Å². The summed E-state index contributed by atoms with van der Waals surface area (Å²) in [4.78, 5) is 13.1. The molecule has 0 aliphatic carbocycles. The molecule has 2 heterocycles. The first-order valence-electron chi connectivity index (χ1n) is 6.45. The fraction of sp³-hybridized carbons (Fsp3) is 0. The zero-order valence-electron chi connectivity index (χ0n) is 10.9. The molecule has 0 amide bonds. The lowest BCUT2D eigenvalue weighted by atomic mass is 10.2. The summed E-state index contributed by atoms with van der Waals surface area (Å²) in [6.07, 6.45) is 5.13. The zero-order chi connectivity index (χ0) is 14.2. The van der Waals surface area contributed by atoms with E-state index in [2.05, 4.69) is 27.0 Å². The van der Waals surface area contributed by atoms with Gasteiger partial charge in [-0.15, -0.1) is 0 Å². The first-order valence-corrected chi connectivity index (χ1v) is 7.65. The van der Waals surface area contributed by atoms with E-state index in [0.29, 0.717) is 5.02 Å². The van der Waals surface area contributed by atoms with Gasteiger partial charge in [-0.3, -0.25) is 9.88 Å². The second kappa shape index (κ2) is 5.06. The molecule has 0 fully saturated rings. The number of hydrogen-bond acceptors (Lipinski definition) is 4. The van der Waals surface area contributed by atoms with Crippen molar-refractivity contribution in [1.29, 1.82) is 0 Å². The molecule has 3 aromatic rings. The highest BCUT2D eigenvalue weighted by atomic mass is 35.5. The number of fused-ring (bicyclic) bond motifs is 2. The molecule has 0 saturated heterocycles. The Hall–Kier alpha value is -2.04. The Morgan fingerprint density at radius 3 is 2.67 bits per heavy atom. The standard InChI is InChI=1S/C16H10ClN3S/c17-11-5-6-15-13(9-11)20(16-10-18-7-8-19-16)12-3-1-2-4-14(12)21-15/h1-10H. The van der Waals surface area contributed by atoms with E-state index in [0.717, 1.165) is 22.1 Å². The van der Waals surface area contributed by atoms with E-state index >= 15 is 0 Å². The van der Waals surface area contributed by atoms with Crippen molar-refractivity contribution < 1.29 is 0 Å². The van der Waals surface area contributed by atoms with Gasteiger partial charge in [-0.2, -0.15) is 0 Å². The maximum atomic E-state index is 6.18. The van der Waals surface area contributed by atoms with E-state index < -0.39 is 0 Å². The van der Waals surface area contributed by atoms with E-state index in [1.807, 2.05) is 30.3 Å². The average Bonchev–Trinajstić information content (AvgIpc) is 2.53. The number of rotatable bonds is 1. The normalized spacial score (nSPS) is 12.7. The van der Waals surface area contributed by atoms with Crippen molar-refractivity contribution in [2.45, 2.75) is 9.79 Å². The van der Waals surface area contributed by atoms with Crippen LogP contribution in [0.15, 0.2) is 70.8 Å². The van der Waals surface area contributed by atoms with Crippen LogP contribution in [0.25, 0.3) is 0 Å². The topological polar surface area (TPSA) is 29.0 Å². The van der Waals surface area contributed by atoms with Crippen LogP contribution in [0, 0.1) is 0 Å². The molecule has 1 aliphatic heterocycles. The van der Waals surface area contributed by atoms with Gasteiger partial charge in [-0.1, -0.05) is 35.5 Å². The van der Waals surface area contributed by atoms with Crippen molar-refractivity contribution in [3.05, 3.63) is 66.1 Å². The summed E-state index contributed by atoms with van der Waals surface area (Å²) in [7, 11) is 0. The van der Waals surface area contributed by atoms with Gasteiger partial charge >= 0.3 is 0 Å². The molecular formula is C16H10ClN3S. The quantitative estimate of drug-likeness (QED) is 0.491. The summed E-state index contributed by atoms with van der Waals surface area (Å²) in [6, 6.07) is 14.2. The Bertz CT molecular complexity index is 808. The third-order valence-electron chi connectivity index (χ3n) is 3.27. The van der Waals surface area contributed by atoms with Crippen molar-refractivity contribution in [3.63, 3.8) is 0 Å². The molecule has 0 atom stereocenters. The highest BCUT2D eigenvalue weighted by Crippen LogP contribution is 2.51. The SMILES string of the molecule is Clc1ccc2c(c1)N(c1cnccn1)c1ccccc1S2. The van der Waals surface area contributed by atoms with Gasteiger partial charge < -0.3 is 0 Å². The Balaban J connectivity index is 1.98. The summed E-state index contributed by atoms with van der Waals surface area (Å²) in [5.74, 6) is 0.786. The van der Waals surface area contributed by atoms with Crippen molar-refractivity contribution >= 4 is 40.6 Å². The highest BCUT2D eigenvalue weighted by molar-refractivity contribution is 7.99. The highest BCUT2D eigenvalue weighted by Gasteiger charge is 2.25. The van der Waals surface area contributed by atoms with Crippen LogP contribution in [0.5, 0.6) is 0 Å². The number of benzene rings is 2. The van der Waals surface area contributed by atoms with E-state index in [1.165, 1.54) is 4.90 Å². The van der Waals surface area contributed by atoms with Crippen LogP contribution in [0.4, 0.5) is 17.2 Å². The van der Waals surface area contributed by atoms with Gasteiger partial charge in [-0.05, 0) is 30.3 Å². The fourth-order valence-corrected chi connectivity index (χ4v) is 3.59. The summed E-state index contributed by atoms with van der Waals surface area (Å²) < 4.78 is 0. The van der Waals surface area contributed by atoms with Crippen LogP contribution < -0.4 is 4.90 Å². The Morgan fingerprint density at radius 2 is 1.81 bits per heavy atom. The van der Waals surface area contributed by atoms with Crippen LogP contribution in [0.2, 0.25) is 5.02 Å². The molecular weight excluding hydrogens is 302 g/mol. The van der Waals surface area contributed by atoms with Crippen molar-refractivity contribution in [2.75, 3.05) is 4.90 Å². The lowest BCUT2D eigenvalue weighted by Crippen LogP contribution is -2.16. The predicted octanol–water partition coefficient (Wildman–Crippen LogP) is 5.06. The Labute approximate surface area is 131 Å². The molecule has 0 radical (unpaired) electrons. The van der Waals surface area contributed by atoms with Gasteiger partial charge in [0.25, 0.3) is 0 Å². The molecule has 4 rings (SSSR count). The third-order valence-corrected chi connectivity index (χ3v) is 4.63. The van der Waals surface area contributed by atoms with Gasteiger partial charge in [-0.25, -0.2) is 4.98 Å². The molecule has 0 N–H and O–H groups in total. The molecule has 1 aromatic heterocycles. The minimum atomic E-state index is 0.711. The minimum absolute atomic E-state index is 0.711. The van der Waals surface area contributed by atoms with Crippen LogP contribution in [0.3, 0.4) is 0 Å². The minimum Gasteiger partial charge on any atom is -0.291 e. The molecule has 0 bridgehead atoms. The number of para-hydroxylation sites is 1. The second-order valence-electron chi connectivity index (χ2n) is 4.58. The van der Waals surface area contributed by atoms with Crippen LogP contribution >= 0.6 is 23.4 Å². The van der Waals surface area contributed by atoms with Gasteiger partial charge in [0.2, 0.25) is 0 Å². The van der Waals surface area contributed by atoms with Crippen LogP contribution in [0.1, 0.15) is 0 Å². The number of anilines is 3. The van der Waals surface area contributed by atoms with E-state index in [4.69, 9.17) is 11.6 Å². The van der Waals surface area contributed by atoms with Gasteiger partial charge in [0.05, 0.1) is 17.6 Å². The zero-order valence-corrected chi connectivity index (χ0v) is 12.5. The molecule has 21 heavy (non-hydrogen) atoms. The summed E-state index contributed by atoms with van der Waals surface area (Å²) in [5, 5.41) is 0.711. The summed E-state index contributed by atoms with van der Waals surface area (Å²) in [6.45, 7) is 0.